The molecule has 1 heterocycles. The zero-order valence-corrected chi connectivity index (χ0v) is 7.51. The molecule has 0 amide bonds. The van der Waals surface area contributed by atoms with E-state index in [4.69, 9.17) is 0 Å². The van der Waals surface area contributed by atoms with Crippen LogP contribution in [0.1, 0.15) is 38.5 Å². The Bertz CT molecular complexity index is 169. The summed E-state index contributed by atoms with van der Waals surface area (Å²) in [5.74, 6) is 1.19. The summed E-state index contributed by atoms with van der Waals surface area (Å²) in [5, 5.41) is 3.17. The maximum Gasteiger partial charge on any atom is 0.150 e. The van der Waals surface area contributed by atoms with Gasteiger partial charge in [-0.3, -0.25) is 4.79 Å². The molecule has 12 heavy (non-hydrogen) atoms. The van der Waals surface area contributed by atoms with E-state index in [1.165, 1.54) is 25.7 Å². The van der Waals surface area contributed by atoms with Gasteiger partial charge in [0.2, 0.25) is 0 Å². The topological polar surface area (TPSA) is 29.1 Å². The molecule has 0 bridgehead atoms. The molecule has 0 spiro atoms. The third kappa shape index (κ3) is 1.69. The smallest absolute Gasteiger partial charge is 0.150 e. The van der Waals surface area contributed by atoms with Crippen LogP contribution in [0.5, 0.6) is 0 Å². The fourth-order valence-electron chi connectivity index (χ4n) is 2.20. The second-order valence-corrected chi connectivity index (χ2v) is 4.12. The highest BCUT2D eigenvalue weighted by Gasteiger charge is 2.27. The molecule has 0 aromatic carbocycles. The van der Waals surface area contributed by atoms with Crippen LogP contribution in [0.2, 0.25) is 0 Å². The minimum absolute atomic E-state index is 0.227. The molecule has 0 aromatic heterocycles. The van der Waals surface area contributed by atoms with Crippen molar-refractivity contribution in [2.75, 3.05) is 6.54 Å². The quantitative estimate of drug-likeness (QED) is 0.690. The molecule has 0 radical (unpaired) electrons. The van der Waals surface area contributed by atoms with E-state index in [0.717, 1.165) is 25.3 Å². The summed E-state index contributed by atoms with van der Waals surface area (Å²) in [6, 6.07) is 0.227. The summed E-state index contributed by atoms with van der Waals surface area (Å²) >= 11 is 0. The number of hydrogen-bond donors (Lipinski definition) is 1. The first kappa shape index (κ1) is 8.24. The van der Waals surface area contributed by atoms with Crippen molar-refractivity contribution in [3.63, 3.8) is 0 Å². The number of hydrogen-bond acceptors (Lipinski definition) is 2. The molecule has 1 unspecified atom stereocenters. The van der Waals surface area contributed by atoms with Crippen LogP contribution in [0.15, 0.2) is 0 Å². The largest absolute Gasteiger partial charge is 0.307 e. The molecular formula is C10H17NO. The summed E-state index contributed by atoms with van der Waals surface area (Å²) in [6.07, 6.45) is 7.19. The number of nitrogens with one attached hydrogen (secondary N) is 1. The van der Waals surface area contributed by atoms with E-state index in [2.05, 4.69) is 5.32 Å². The highest BCUT2D eigenvalue weighted by Crippen LogP contribution is 2.28. The van der Waals surface area contributed by atoms with Crippen molar-refractivity contribution in [1.29, 1.82) is 0 Å². The van der Waals surface area contributed by atoms with E-state index in [0.29, 0.717) is 5.78 Å². The number of carbonyl (C=O) groups excluding carboxylic acids is 1. The minimum atomic E-state index is 0.227. The molecule has 2 nitrogen and oxygen atoms in total. The normalized spacial score (nSPS) is 30.2. The van der Waals surface area contributed by atoms with E-state index >= 15 is 0 Å². The number of ketones is 1. The van der Waals surface area contributed by atoms with Gasteiger partial charge in [0.05, 0.1) is 6.04 Å². The summed E-state index contributed by atoms with van der Waals surface area (Å²) < 4.78 is 0. The van der Waals surface area contributed by atoms with Gasteiger partial charge in [0.25, 0.3) is 0 Å². The highest BCUT2D eigenvalue weighted by molar-refractivity contribution is 5.85. The monoisotopic (exact) mass is 167 g/mol. The van der Waals surface area contributed by atoms with Crippen LogP contribution in [0.25, 0.3) is 0 Å². The first-order valence-corrected chi connectivity index (χ1v) is 5.12. The van der Waals surface area contributed by atoms with Gasteiger partial charge in [-0.1, -0.05) is 25.7 Å². The lowest BCUT2D eigenvalue weighted by atomic mass is 9.93. The molecule has 0 aromatic rings. The van der Waals surface area contributed by atoms with Gasteiger partial charge in [-0.05, 0) is 18.9 Å². The minimum Gasteiger partial charge on any atom is -0.307 e. The Morgan fingerprint density at radius 1 is 1.25 bits per heavy atom. The van der Waals surface area contributed by atoms with Crippen molar-refractivity contribution >= 4 is 5.78 Å². The molecule has 2 fully saturated rings. The molecule has 1 aliphatic carbocycles. The second-order valence-electron chi connectivity index (χ2n) is 4.12. The van der Waals surface area contributed by atoms with Gasteiger partial charge in [0.1, 0.15) is 5.78 Å². The van der Waals surface area contributed by atoms with Gasteiger partial charge < -0.3 is 5.32 Å². The highest BCUT2D eigenvalue weighted by atomic mass is 16.1. The van der Waals surface area contributed by atoms with Crippen LogP contribution in [0.3, 0.4) is 0 Å². The molecule has 1 N–H and O–H groups in total. The summed E-state index contributed by atoms with van der Waals surface area (Å²) in [7, 11) is 0. The lowest BCUT2D eigenvalue weighted by Gasteiger charge is -2.27. The third-order valence-corrected chi connectivity index (χ3v) is 3.18. The standard InChI is InChI=1S/C10H17NO/c12-10(9-5-6-11-9)7-8-3-1-2-4-8/h8-9,11H,1-7H2. The Hall–Kier alpha value is -0.370. The van der Waals surface area contributed by atoms with Crippen molar-refractivity contribution in [2.24, 2.45) is 5.92 Å². The van der Waals surface area contributed by atoms with Crippen LogP contribution in [0.4, 0.5) is 0 Å². The van der Waals surface area contributed by atoms with E-state index in [1.807, 2.05) is 0 Å². The predicted octanol–water partition coefficient (Wildman–Crippen LogP) is 1.50. The predicted molar refractivity (Wildman–Crippen MR) is 48.0 cm³/mol. The molecule has 1 atom stereocenters. The van der Waals surface area contributed by atoms with Crippen LogP contribution in [-0.4, -0.2) is 18.4 Å². The van der Waals surface area contributed by atoms with E-state index in [-0.39, 0.29) is 6.04 Å². The van der Waals surface area contributed by atoms with Gasteiger partial charge in [-0.25, -0.2) is 0 Å². The fourth-order valence-corrected chi connectivity index (χ4v) is 2.20. The summed E-state index contributed by atoms with van der Waals surface area (Å²) in [5.41, 5.74) is 0. The average Bonchev–Trinajstić information content (AvgIpc) is 2.34. The van der Waals surface area contributed by atoms with Crippen LogP contribution in [-0.2, 0) is 4.79 Å². The Kier molecular flexibility index (Phi) is 2.45. The van der Waals surface area contributed by atoms with Crippen molar-refractivity contribution in [3.8, 4) is 0 Å². The van der Waals surface area contributed by atoms with Crippen molar-refractivity contribution < 1.29 is 4.79 Å². The Morgan fingerprint density at radius 3 is 2.42 bits per heavy atom. The van der Waals surface area contributed by atoms with Crippen LogP contribution in [0, 0.1) is 5.92 Å². The van der Waals surface area contributed by atoms with Crippen molar-refractivity contribution in [2.45, 2.75) is 44.6 Å². The summed E-state index contributed by atoms with van der Waals surface area (Å²) in [6.45, 7) is 1.04. The molecule has 1 saturated heterocycles. The third-order valence-electron chi connectivity index (χ3n) is 3.18. The number of carbonyl (C=O) groups is 1. The van der Waals surface area contributed by atoms with E-state index in [9.17, 15) is 4.79 Å². The molecule has 68 valence electrons. The van der Waals surface area contributed by atoms with Gasteiger partial charge in [0.15, 0.2) is 0 Å². The molecule has 2 heteroatoms. The lowest BCUT2D eigenvalue weighted by Crippen LogP contribution is -2.48. The van der Waals surface area contributed by atoms with Crippen LogP contribution < -0.4 is 5.32 Å². The SMILES string of the molecule is O=C(CC1CCCC1)C1CCN1. The zero-order chi connectivity index (χ0) is 8.39. The second kappa shape index (κ2) is 3.56. The van der Waals surface area contributed by atoms with Gasteiger partial charge in [-0.2, -0.15) is 0 Å². The van der Waals surface area contributed by atoms with E-state index < -0.39 is 0 Å². The zero-order valence-electron chi connectivity index (χ0n) is 7.51. The first-order chi connectivity index (χ1) is 5.86. The van der Waals surface area contributed by atoms with Gasteiger partial charge in [0, 0.05) is 6.42 Å². The first-order valence-electron chi connectivity index (χ1n) is 5.12. The maximum atomic E-state index is 11.5. The van der Waals surface area contributed by atoms with Crippen molar-refractivity contribution in [1.82, 2.24) is 5.32 Å². The molecule has 1 saturated carbocycles. The van der Waals surface area contributed by atoms with Gasteiger partial charge in [-0.15, -0.1) is 0 Å². The Balaban J connectivity index is 1.73. The van der Waals surface area contributed by atoms with Gasteiger partial charge >= 0.3 is 0 Å². The molecule has 2 rings (SSSR count). The number of rotatable bonds is 3. The Labute approximate surface area is 73.7 Å². The molecule has 1 aliphatic heterocycles. The van der Waals surface area contributed by atoms with Crippen molar-refractivity contribution in [3.05, 3.63) is 0 Å². The summed E-state index contributed by atoms with van der Waals surface area (Å²) in [4.78, 5) is 11.5. The number of Topliss-reactive ketones (excluding diaryl/α,β-unsaturated/α-hetero) is 1. The Morgan fingerprint density at radius 2 is 1.92 bits per heavy atom. The van der Waals surface area contributed by atoms with E-state index in [1.54, 1.807) is 0 Å². The molecule has 2 aliphatic rings. The van der Waals surface area contributed by atoms with Crippen LogP contribution >= 0.6 is 0 Å². The molecular weight excluding hydrogens is 150 g/mol. The fraction of sp³-hybridized carbons (Fsp3) is 0.900. The average molecular weight is 167 g/mol. The lowest BCUT2D eigenvalue weighted by molar-refractivity contribution is -0.123. The maximum absolute atomic E-state index is 11.5.